The van der Waals surface area contributed by atoms with Crippen molar-refractivity contribution in [2.75, 3.05) is 37.8 Å². The summed E-state index contributed by atoms with van der Waals surface area (Å²) in [5.41, 5.74) is 3.21. The average molecular weight is 326 g/mol. The zero-order chi connectivity index (χ0) is 16.4. The summed E-state index contributed by atoms with van der Waals surface area (Å²) in [6, 6.07) is 3.80. The summed E-state index contributed by atoms with van der Waals surface area (Å²) in [6.07, 6.45) is 5.93. The minimum Gasteiger partial charge on any atom is -0.396 e. The quantitative estimate of drug-likeness (QED) is 0.749. The maximum absolute atomic E-state index is 9.01. The first-order valence-corrected chi connectivity index (χ1v) is 7.95. The van der Waals surface area contributed by atoms with Crippen molar-refractivity contribution in [3.63, 3.8) is 0 Å². The van der Waals surface area contributed by atoms with Crippen LogP contribution in [-0.4, -0.2) is 62.6 Å². The normalized spacial score (nSPS) is 15.1. The van der Waals surface area contributed by atoms with Gasteiger partial charge >= 0.3 is 0 Å². The molecule has 0 amide bonds. The molecule has 8 heteroatoms. The molecule has 0 unspecified atom stereocenters. The molecule has 0 atom stereocenters. The lowest BCUT2D eigenvalue weighted by Crippen LogP contribution is -2.37. The van der Waals surface area contributed by atoms with Crippen molar-refractivity contribution in [2.45, 2.75) is 6.42 Å². The standard InChI is InChI=1S/C16H18N6O2/c23-6-3-13-11-22-15(19-13)2-1-14(20-22)12-9-17-16(18-10-12)21-4-7-24-8-5-21/h1-2,9-11,23H,3-8H2. The summed E-state index contributed by atoms with van der Waals surface area (Å²) >= 11 is 0. The Kier molecular flexibility index (Phi) is 4.06. The second-order valence-corrected chi connectivity index (χ2v) is 5.60. The Labute approximate surface area is 138 Å². The van der Waals surface area contributed by atoms with Crippen LogP contribution in [0.25, 0.3) is 16.9 Å². The molecule has 3 aromatic rings. The molecule has 0 radical (unpaired) electrons. The topological polar surface area (TPSA) is 88.7 Å². The lowest BCUT2D eigenvalue weighted by atomic mass is 10.2. The molecule has 4 rings (SSSR count). The van der Waals surface area contributed by atoms with E-state index in [-0.39, 0.29) is 6.61 Å². The molecule has 3 aromatic heterocycles. The molecule has 0 bridgehead atoms. The van der Waals surface area contributed by atoms with Crippen LogP contribution >= 0.6 is 0 Å². The second-order valence-electron chi connectivity index (χ2n) is 5.60. The molecule has 4 heterocycles. The first-order valence-electron chi connectivity index (χ1n) is 7.95. The highest BCUT2D eigenvalue weighted by Crippen LogP contribution is 2.18. The van der Waals surface area contributed by atoms with E-state index in [1.165, 1.54) is 0 Å². The molecule has 24 heavy (non-hydrogen) atoms. The molecule has 0 saturated carbocycles. The fraction of sp³-hybridized carbons (Fsp3) is 0.375. The number of nitrogens with zero attached hydrogens (tertiary/aromatic N) is 6. The van der Waals surface area contributed by atoms with Gasteiger partial charge in [-0.2, -0.15) is 5.10 Å². The summed E-state index contributed by atoms with van der Waals surface area (Å²) in [5.74, 6) is 0.719. The highest BCUT2D eigenvalue weighted by atomic mass is 16.5. The first-order chi connectivity index (χ1) is 11.8. The Hall–Kier alpha value is -2.58. The van der Waals surface area contributed by atoms with Crippen molar-refractivity contribution in [1.82, 2.24) is 24.6 Å². The van der Waals surface area contributed by atoms with Crippen LogP contribution in [-0.2, 0) is 11.2 Å². The van der Waals surface area contributed by atoms with Crippen molar-refractivity contribution < 1.29 is 9.84 Å². The first kappa shape index (κ1) is 15.0. The largest absolute Gasteiger partial charge is 0.396 e. The Morgan fingerprint density at radius 2 is 1.92 bits per heavy atom. The number of imidazole rings is 1. The van der Waals surface area contributed by atoms with Gasteiger partial charge in [0.2, 0.25) is 5.95 Å². The monoisotopic (exact) mass is 326 g/mol. The maximum atomic E-state index is 9.01. The molecule has 8 nitrogen and oxygen atoms in total. The van der Waals surface area contributed by atoms with Crippen LogP contribution in [0.15, 0.2) is 30.7 Å². The summed E-state index contributed by atoms with van der Waals surface area (Å²) in [6.45, 7) is 3.12. The Bertz CT molecular complexity index is 826. The van der Waals surface area contributed by atoms with Crippen LogP contribution in [0.2, 0.25) is 0 Å². The van der Waals surface area contributed by atoms with Crippen LogP contribution in [0.3, 0.4) is 0 Å². The predicted molar refractivity (Wildman–Crippen MR) is 87.8 cm³/mol. The van der Waals surface area contributed by atoms with Crippen molar-refractivity contribution in [1.29, 1.82) is 0 Å². The number of hydrogen-bond donors (Lipinski definition) is 1. The number of aliphatic hydroxyl groups is 1. The Balaban J connectivity index is 1.59. The van der Waals surface area contributed by atoms with Gasteiger partial charge in [-0.25, -0.2) is 19.5 Å². The van der Waals surface area contributed by atoms with Crippen LogP contribution in [0.5, 0.6) is 0 Å². The minimum absolute atomic E-state index is 0.0770. The molecule has 1 aliphatic heterocycles. The van der Waals surface area contributed by atoms with Crippen LogP contribution in [0.1, 0.15) is 5.69 Å². The zero-order valence-electron chi connectivity index (χ0n) is 13.2. The van der Waals surface area contributed by atoms with E-state index in [1.54, 1.807) is 16.9 Å². The summed E-state index contributed by atoms with van der Waals surface area (Å²) in [7, 11) is 0. The van der Waals surface area contributed by atoms with Crippen molar-refractivity contribution in [3.05, 3.63) is 36.4 Å². The SMILES string of the molecule is OCCc1cn2nc(-c3cnc(N4CCOCC4)nc3)ccc2n1. The van der Waals surface area contributed by atoms with E-state index in [1.807, 2.05) is 18.3 Å². The summed E-state index contributed by atoms with van der Waals surface area (Å²) < 4.78 is 7.06. The number of fused-ring (bicyclic) bond motifs is 1. The van der Waals surface area contributed by atoms with Crippen molar-refractivity contribution in [3.8, 4) is 11.3 Å². The van der Waals surface area contributed by atoms with Gasteiger partial charge < -0.3 is 14.7 Å². The van der Waals surface area contributed by atoms with Gasteiger partial charge in [-0.05, 0) is 12.1 Å². The number of aromatic nitrogens is 5. The number of morpholine rings is 1. The molecule has 0 aromatic carbocycles. The highest BCUT2D eigenvalue weighted by Gasteiger charge is 2.14. The van der Waals surface area contributed by atoms with E-state index in [0.29, 0.717) is 19.6 Å². The van der Waals surface area contributed by atoms with E-state index in [4.69, 9.17) is 9.84 Å². The van der Waals surface area contributed by atoms with Gasteiger partial charge in [0, 0.05) is 44.1 Å². The third-order valence-electron chi connectivity index (χ3n) is 3.97. The van der Waals surface area contributed by atoms with Gasteiger partial charge in [-0.3, -0.25) is 0 Å². The zero-order valence-corrected chi connectivity index (χ0v) is 13.2. The third kappa shape index (κ3) is 2.93. The molecule has 0 spiro atoms. The Morgan fingerprint density at radius 3 is 2.67 bits per heavy atom. The lowest BCUT2D eigenvalue weighted by Gasteiger charge is -2.26. The van der Waals surface area contributed by atoms with Gasteiger partial charge in [0.15, 0.2) is 5.65 Å². The molecular formula is C16H18N6O2. The molecule has 1 fully saturated rings. The molecular weight excluding hydrogens is 308 g/mol. The fourth-order valence-corrected chi connectivity index (χ4v) is 2.70. The van der Waals surface area contributed by atoms with E-state index >= 15 is 0 Å². The summed E-state index contributed by atoms with van der Waals surface area (Å²) in [4.78, 5) is 15.4. The smallest absolute Gasteiger partial charge is 0.225 e. The Morgan fingerprint density at radius 1 is 1.12 bits per heavy atom. The molecule has 0 aliphatic carbocycles. The molecule has 1 aliphatic rings. The number of ether oxygens (including phenoxy) is 1. The van der Waals surface area contributed by atoms with Gasteiger partial charge in [0.25, 0.3) is 0 Å². The second kappa shape index (κ2) is 6.50. The molecule has 1 N–H and O–H groups in total. The fourth-order valence-electron chi connectivity index (χ4n) is 2.70. The van der Waals surface area contributed by atoms with Crippen molar-refractivity contribution in [2.24, 2.45) is 0 Å². The summed E-state index contributed by atoms with van der Waals surface area (Å²) in [5, 5.41) is 13.6. The van der Waals surface area contributed by atoms with Crippen LogP contribution in [0, 0.1) is 0 Å². The maximum Gasteiger partial charge on any atom is 0.225 e. The number of aliphatic hydroxyl groups excluding tert-OH is 1. The average Bonchev–Trinajstić information content (AvgIpc) is 3.04. The van der Waals surface area contributed by atoms with Gasteiger partial charge in [-0.15, -0.1) is 0 Å². The molecule has 1 saturated heterocycles. The number of anilines is 1. The van der Waals surface area contributed by atoms with E-state index in [2.05, 4.69) is 25.0 Å². The number of rotatable bonds is 4. The van der Waals surface area contributed by atoms with E-state index in [0.717, 1.165) is 41.6 Å². The van der Waals surface area contributed by atoms with Gasteiger partial charge in [-0.1, -0.05) is 0 Å². The molecule has 124 valence electrons. The van der Waals surface area contributed by atoms with E-state index < -0.39 is 0 Å². The van der Waals surface area contributed by atoms with E-state index in [9.17, 15) is 0 Å². The number of hydrogen-bond acceptors (Lipinski definition) is 7. The predicted octanol–water partition coefficient (Wildman–Crippen LogP) is 0.558. The van der Waals surface area contributed by atoms with Gasteiger partial charge in [0.05, 0.1) is 30.8 Å². The van der Waals surface area contributed by atoms with Crippen LogP contribution < -0.4 is 4.90 Å². The van der Waals surface area contributed by atoms with Crippen LogP contribution in [0.4, 0.5) is 5.95 Å². The lowest BCUT2D eigenvalue weighted by molar-refractivity contribution is 0.122. The minimum atomic E-state index is 0.0770. The van der Waals surface area contributed by atoms with Crippen molar-refractivity contribution >= 4 is 11.6 Å². The van der Waals surface area contributed by atoms with Gasteiger partial charge in [0.1, 0.15) is 0 Å². The highest BCUT2D eigenvalue weighted by molar-refractivity contribution is 5.59. The third-order valence-corrected chi connectivity index (χ3v) is 3.97.